The number of ether oxygens (including phenoxy) is 1. The van der Waals surface area contributed by atoms with E-state index in [2.05, 4.69) is 15.8 Å². The molecule has 0 spiro atoms. The molecule has 0 heterocycles. The molecule has 0 saturated heterocycles. The van der Waals surface area contributed by atoms with Crippen molar-refractivity contribution < 1.29 is 22.7 Å². The first-order valence-corrected chi connectivity index (χ1v) is 14.8. The summed E-state index contributed by atoms with van der Waals surface area (Å²) in [4.78, 5) is 25.0. The van der Waals surface area contributed by atoms with Crippen LogP contribution in [0.25, 0.3) is 0 Å². The lowest BCUT2D eigenvalue weighted by atomic mass is 10.2. The highest BCUT2D eigenvalue weighted by Crippen LogP contribution is 2.30. The minimum atomic E-state index is -4.09. The van der Waals surface area contributed by atoms with E-state index < -0.39 is 22.5 Å². The summed E-state index contributed by atoms with van der Waals surface area (Å²) in [6.07, 6.45) is 1.40. The molecule has 0 aliphatic carbocycles. The van der Waals surface area contributed by atoms with Gasteiger partial charge in [0, 0.05) is 5.02 Å². The van der Waals surface area contributed by atoms with Gasteiger partial charge in [0.05, 0.1) is 27.5 Å². The van der Waals surface area contributed by atoms with Gasteiger partial charge in [0.25, 0.3) is 21.8 Å². The van der Waals surface area contributed by atoms with Crippen molar-refractivity contribution in [2.24, 2.45) is 5.10 Å². The number of amides is 2. The van der Waals surface area contributed by atoms with E-state index in [1.165, 1.54) is 18.3 Å². The smallest absolute Gasteiger partial charge is 0.264 e. The van der Waals surface area contributed by atoms with Gasteiger partial charge in [-0.25, -0.2) is 13.8 Å². The monoisotopic (exact) mass is 624 g/mol. The Morgan fingerprint density at radius 3 is 2.24 bits per heavy atom. The van der Waals surface area contributed by atoms with Gasteiger partial charge in [-0.15, -0.1) is 0 Å². The van der Waals surface area contributed by atoms with E-state index in [1.807, 2.05) is 0 Å². The van der Waals surface area contributed by atoms with Crippen molar-refractivity contribution in [1.29, 1.82) is 0 Å². The highest BCUT2D eigenvalue weighted by atomic mass is 35.5. The van der Waals surface area contributed by atoms with Gasteiger partial charge in [-0.3, -0.25) is 13.9 Å². The van der Waals surface area contributed by atoms with E-state index in [1.54, 1.807) is 91.9 Å². The normalized spacial score (nSPS) is 11.2. The van der Waals surface area contributed by atoms with Crippen molar-refractivity contribution in [2.45, 2.75) is 11.8 Å². The second kappa shape index (κ2) is 14.0. The number of hydrogen-bond donors (Lipinski definition) is 2. The first-order valence-electron chi connectivity index (χ1n) is 12.6. The molecule has 42 heavy (non-hydrogen) atoms. The van der Waals surface area contributed by atoms with Crippen molar-refractivity contribution >= 4 is 62.6 Å². The number of nitrogens with zero attached hydrogens (tertiary/aromatic N) is 2. The summed E-state index contributed by atoms with van der Waals surface area (Å²) in [5.41, 5.74) is 4.28. The largest absolute Gasteiger partial charge is 0.484 e. The van der Waals surface area contributed by atoms with E-state index in [-0.39, 0.29) is 23.1 Å². The molecule has 216 valence electrons. The minimum absolute atomic E-state index is 0.0318. The van der Waals surface area contributed by atoms with E-state index in [0.29, 0.717) is 32.6 Å². The van der Waals surface area contributed by atoms with Crippen LogP contribution in [0.1, 0.15) is 11.1 Å². The lowest BCUT2D eigenvalue weighted by Gasteiger charge is -2.25. The highest BCUT2D eigenvalue weighted by molar-refractivity contribution is 7.92. The average molecular weight is 626 g/mol. The Kier molecular flexibility index (Phi) is 10.2. The number of benzene rings is 4. The molecular formula is C30H26Cl2N4O5S. The fourth-order valence-corrected chi connectivity index (χ4v) is 5.63. The number of rotatable bonds is 11. The standard InChI is InChI=1S/C30H26Cl2N4O5S/c1-21-25(31)11-7-13-28(21)36(42(39,40)24-8-3-2-4-9-24)19-29(37)35-33-18-22-14-16-23(17-15-22)41-20-30(38)34-27-12-6-5-10-26(27)32/h2-18H,19-20H2,1H3,(H,34,38)(H,35,37)/b33-18-. The van der Waals surface area contributed by atoms with Crippen LogP contribution in [0, 0.1) is 6.92 Å². The Morgan fingerprint density at radius 2 is 1.52 bits per heavy atom. The molecule has 0 saturated carbocycles. The molecule has 12 heteroatoms. The van der Waals surface area contributed by atoms with E-state index in [4.69, 9.17) is 27.9 Å². The lowest BCUT2D eigenvalue weighted by molar-refractivity contribution is -0.119. The summed E-state index contributed by atoms with van der Waals surface area (Å²) in [6.45, 7) is 0.932. The Morgan fingerprint density at radius 1 is 0.857 bits per heavy atom. The maximum atomic E-state index is 13.5. The average Bonchev–Trinajstić information content (AvgIpc) is 2.99. The van der Waals surface area contributed by atoms with Crippen LogP contribution in [0.3, 0.4) is 0 Å². The Labute approximate surface area is 253 Å². The molecule has 2 amide bonds. The molecule has 0 unspecified atom stereocenters. The first-order chi connectivity index (χ1) is 20.1. The van der Waals surface area contributed by atoms with Crippen LogP contribution in [-0.2, 0) is 19.6 Å². The molecule has 9 nitrogen and oxygen atoms in total. The number of halogens is 2. The van der Waals surface area contributed by atoms with Crippen LogP contribution < -0.4 is 19.8 Å². The maximum absolute atomic E-state index is 13.5. The number of sulfonamides is 1. The fraction of sp³-hybridized carbons (Fsp3) is 0.100. The third kappa shape index (κ3) is 7.88. The fourth-order valence-electron chi connectivity index (χ4n) is 3.78. The SMILES string of the molecule is Cc1c(Cl)cccc1N(CC(=O)N/N=C\c1ccc(OCC(=O)Nc2ccccc2Cl)cc1)S(=O)(=O)c1ccccc1. The molecule has 4 aromatic rings. The second-order valence-corrected chi connectivity index (χ2v) is 11.6. The van der Waals surface area contributed by atoms with Crippen LogP contribution >= 0.6 is 23.2 Å². The molecule has 0 atom stereocenters. The molecule has 0 fully saturated rings. The zero-order chi connectivity index (χ0) is 30.1. The van der Waals surface area contributed by atoms with Gasteiger partial charge in [-0.05, 0) is 78.7 Å². The van der Waals surface area contributed by atoms with Crippen molar-refractivity contribution in [3.8, 4) is 5.75 Å². The van der Waals surface area contributed by atoms with Crippen LogP contribution in [0.5, 0.6) is 5.75 Å². The Hall–Kier alpha value is -4.38. The lowest BCUT2D eigenvalue weighted by Crippen LogP contribution is -2.40. The van der Waals surface area contributed by atoms with Crippen LogP contribution in [0.4, 0.5) is 11.4 Å². The Balaban J connectivity index is 1.37. The van der Waals surface area contributed by atoms with Gasteiger partial charge in [0.2, 0.25) is 0 Å². The van der Waals surface area contributed by atoms with E-state index in [9.17, 15) is 18.0 Å². The molecule has 4 rings (SSSR count). The molecular weight excluding hydrogens is 599 g/mol. The summed E-state index contributed by atoms with van der Waals surface area (Å²) >= 11 is 12.3. The topological polar surface area (TPSA) is 117 Å². The number of nitrogens with one attached hydrogen (secondary N) is 2. The summed E-state index contributed by atoms with van der Waals surface area (Å²) in [5.74, 6) is -0.577. The maximum Gasteiger partial charge on any atom is 0.264 e. The Bertz CT molecular complexity index is 1700. The number of anilines is 2. The van der Waals surface area contributed by atoms with E-state index in [0.717, 1.165) is 4.31 Å². The summed E-state index contributed by atoms with van der Waals surface area (Å²) in [5, 5.41) is 7.42. The number of carbonyl (C=O) groups excluding carboxylic acids is 2. The van der Waals surface area contributed by atoms with Gasteiger partial charge >= 0.3 is 0 Å². The third-order valence-electron chi connectivity index (χ3n) is 5.93. The summed E-state index contributed by atoms with van der Waals surface area (Å²) in [7, 11) is -4.09. The van der Waals surface area contributed by atoms with Crippen LogP contribution in [-0.4, -0.2) is 39.6 Å². The van der Waals surface area contributed by atoms with Gasteiger partial charge in [-0.1, -0.05) is 59.6 Å². The van der Waals surface area contributed by atoms with Crippen molar-refractivity contribution in [3.63, 3.8) is 0 Å². The van der Waals surface area contributed by atoms with Crippen molar-refractivity contribution in [1.82, 2.24) is 5.43 Å². The number of hydrogen-bond acceptors (Lipinski definition) is 6. The van der Waals surface area contributed by atoms with Gasteiger partial charge in [0.1, 0.15) is 12.3 Å². The zero-order valence-corrected chi connectivity index (χ0v) is 24.7. The molecule has 4 aromatic carbocycles. The van der Waals surface area contributed by atoms with Gasteiger partial charge < -0.3 is 10.1 Å². The third-order valence-corrected chi connectivity index (χ3v) is 8.44. The molecule has 0 aliphatic rings. The predicted molar refractivity (Wildman–Crippen MR) is 165 cm³/mol. The highest BCUT2D eigenvalue weighted by Gasteiger charge is 2.28. The zero-order valence-electron chi connectivity index (χ0n) is 22.3. The molecule has 0 aliphatic heterocycles. The second-order valence-electron chi connectivity index (χ2n) is 8.89. The minimum Gasteiger partial charge on any atom is -0.484 e. The molecule has 2 N–H and O–H groups in total. The summed E-state index contributed by atoms with van der Waals surface area (Å²) < 4.78 is 33.5. The summed E-state index contributed by atoms with van der Waals surface area (Å²) in [6, 6.07) is 26.2. The quantitative estimate of drug-likeness (QED) is 0.165. The van der Waals surface area contributed by atoms with Crippen LogP contribution in [0.15, 0.2) is 107 Å². The molecule has 0 aromatic heterocycles. The van der Waals surface area contributed by atoms with Gasteiger partial charge in [0.15, 0.2) is 6.61 Å². The number of hydrazone groups is 1. The van der Waals surface area contributed by atoms with E-state index >= 15 is 0 Å². The molecule has 0 radical (unpaired) electrons. The van der Waals surface area contributed by atoms with Crippen molar-refractivity contribution in [2.75, 3.05) is 22.8 Å². The number of para-hydroxylation sites is 1. The predicted octanol–water partition coefficient (Wildman–Crippen LogP) is 5.66. The molecule has 0 bridgehead atoms. The van der Waals surface area contributed by atoms with Gasteiger partial charge in [-0.2, -0.15) is 5.10 Å². The van der Waals surface area contributed by atoms with Crippen molar-refractivity contribution in [3.05, 3.63) is 118 Å². The first kappa shape index (κ1) is 30.6. The number of carbonyl (C=O) groups is 2. The van der Waals surface area contributed by atoms with Crippen LogP contribution in [0.2, 0.25) is 10.0 Å².